The molecule has 0 spiro atoms. The van der Waals surface area contributed by atoms with Crippen LogP contribution in [0, 0.1) is 6.92 Å². The van der Waals surface area contributed by atoms with Gasteiger partial charge in [0.15, 0.2) is 5.82 Å². The van der Waals surface area contributed by atoms with Gasteiger partial charge in [0.2, 0.25) is 0 Å². The summed E-state index contributed by atoms with van der Waals surface area (Å²) < 4.78 is 4.98. The number of methoxy groups -OCH3 is 1. The molecule has 2 aromatic rings. The molecule has 2 heterocycles. The summed E-state index contributed by atoms with van der Waals surface area (Å²) in [7, 11) is 1.59. The molecule has 0 aromatic carbocycles. The van der Waals surface area contributed by atoms with Gasteiger partial charge in [0.25, 0.3) is 0 Å². The molecule has 0 amide bonds. The molecule has 2 aromatic heterocycles. The van der Waals surface area contributed by atoms with E-state index >= 15 is 0 Å². The Kier molecular flexibility index (Phi) is 4.11. The number of nitrogens with one attached hydrogen (secondary N) is 2. The maximum absolute atomic E-state index is 5.91. The molecule has 0 aliphatic rings. The number of rotatable bonds is 5. The highest BCUT2D eigenvalue weighted by Gasteiger charge is 2.04. The molecule has 0 saturated heterocycles. The van der Waals surface area contributed by atoms with Crippen molar-refractivity contribution in [1.82, 2.24) is 20.2 Å². The Bertz CT molecular complexity index is 528. The zero-order valence-corrected chi connectivity index (χ0v) is 11.0. The fourth-order valence-corrected chi connectivity index (χ4v) is 1.69. The van der Waals surface area contributed by atoms with Crippen LogP contribution in [0.5, 0.6) is 0 Å². The monoisotopic (exact) mass is 267 g/mol. The lowest BCUT2D eigenvalue weighted by molar-refractivity contribution is 0.178. The van der Waals surface area contributed by atoms with Gasteiger partial charge in [0.1, 0.15) is 17.6 Å². The normalized spacial score (nSPS) is 10.6. The first-order valence-electron chi connectivity index (χ1n) is 5.44. The Morgan fingerprint density at radius 3 is 2.94 bits per heavy atom. The fraction of sp³-hybridized carbons (Fsp3) is 0.364. The molecule has 0 unspecified atom stereocenters. The summed E-state index contributed by atoms with van der Waals surface area (Å²) in [5.74, 6) is 1.22. The third-order valence-electron chi connectivity index (χ3n) is 2.41. The molecule has 0 aliphatic carbocycles. The van der Waals surface area contributed by atoms with Crippen LogP contribution in [-0.4, -0.2) is 27.3 Å². The van der Waals surface area contributed by atoms with Crippen LogP contribution in [0.1, 0.15) is 17.1 Å². The minimum atomic E-state index is 0.333. The van der Waals surface area contributed by atoms with E-state index in [0.29, 0.717) is 29.9 Å². The molecule has 0 radical (unpaired) electrons. The first-order chi connectivity index (χ1) is 8.69. The van der Waals surface area contributed by atoms with Crippen LogP contribution >= 0.6 is 11.6 Å². The van der Waals surface area contributed by atoms with E-state index in [1.807, 2.05) is 6.92 Å². The summed E-state index contributed by atoms with van der Waals surface area (Å²) in [5, 5.41) is 10.4. The molecule has 0 atom stereocenters. The van der Waals surface area contributed by atoms with E-state index in [4.69, 9.17) is 16.3 Å². The molecule has 2 N–H and O–H groups in total. The fourth-order valence-electron chi connectivity index (χ4n) is 1.49. The van der Waals surface area contributed by atoms with E-state index < -0.39 is 0 Å². The first kappa shape index (κ1) is 12.8. The SMILES string of the molecule is COCc1nc(Cl)cc(NCc2cn[nH]c2C)n1. The van der Waals surface area contributed by atoms with E-state index in [-0.39, 0.29) is 0 Å². The van der Waals surface area contributed by atoms with Gasteiger partial charge in [-0.3, -0.25) is 5.10 Å². The summed E-state index contributed by atoms with van der Waals surface area (Å²) in [4.78, 5) is 8.35. The number of aromatic amines is 1. The van der Waals surface area contributed by atoms with Crippen LogP contribution in [-0.2, 0) is 17.9 Å². The zero-order valence-electron chi connectivity index (χ0n) is 10.2. The van der Waals surface area contributed by atoms with Crippen LogP contribution in [0.2, 0.25) is 5.15 Å². The maximum atomic E-state index is 5.91. The van der Waals surface area contributed by atoms with Gasteiger partial charge < -0.3 is 10.1 Å². The summed E-state index contributed by atoms with van der Waals surface area (Å²) in [5.41, 5.74) is 2.11. The number of halogens is 1. The Balaban J connectivity index is 2.07. The summed E-state index contributed by atoms with van der Waals surface area (Å²) >= 11 is 5.91. The molecule has 96 valence electrons. The van der Waals surface area contributed by atoms with Crippen molar-refractivity contribution >= 4 is 17.4 Å². The van der Waals surface area contributed by atoms with Crippen LogP contribution in [0.25, 0.3) is 0 Å². The minimum Gasteiger partial charge on any atom is -0.377 e. The lowest BCUT2D eigenvalue weighted by atomic mass is 10.2. The second-order valence-electron chi connectivity index (χ2n) is 3.80. The number of hydrogen-bond acceptors (Lipinski definition) is 5. The number of hydrogen-bond donors (Lipinski definition) is 2. The second-order valence-corrected chi connectivity index (χ2v) is 4.19. The number of ether oxygens (including phenoxy) is 1. The lowest BCUT2D eigenvalue weighted by Gasteiger charge is -2.07. The molecular weight excluding hydrogens is 254 g/mol. The van der Waals surface area contributed by atoms with E-state index in [2.05, 4.69) is 25.5 Å². The van der Waals surface area contributed by atoms with Crippen molar-refractivity contribution in [2.75, 3.05) is 12.4 Å². The Morgan fingerprint density at radius 1 is 1.44 bits per heavy atom. The Morgan fingerprint density at radius 2 is 2.28 bits per heavy atom. The van der Waals surface area contributed by atoms with Crippen molar-refractivity contribution in [3.8, 4) is 0 Å². The molecular formula is C11H14ClN5O. The van der Waals surface area contributed by atoms with Crippen LogP contribution < -0.4 is 5.32 Å². The lowest BCUT2D eigenvalue weighted by Crippen LogP contribution is -2.05. The molecule has 0 aliphatic heterocycles. The predicted molar refractivity (Wildman–Crippen MR) is 68.4 cm³/mol. The van der Waals surface area contributed by atoms with Gasteiger partial charge in [-0.2, -0.15) is 5.10 Å². The Labute approximate surface area is 110 Å². The molecule has 18 heavy (non-hydrogen) atoms. The van der Waals surface area contributed by atoms with Gasteiger partial charge in [0.05, 0.1) is 6.20 Å². The largest absolute Gasteiger partial charge is 0.377 e. The van der Waals surface area contributed by atoms with E-state index in [1.165, 1.54) is 0 Å². The molecule has 0 saturated carbocycles. The van der Waals surface area contributed by atoms with Crippen molar-refractivity contribution in [2.45, 2.75) is 20.1 Å². The van der Waals surface area contributed by atoms with Crippen LogP contribution in [0.4, 0.5) is 5.82 Å². The smallest absolute Gasteiger partial charge is 0.158 e. The topological polar surface area (TPSA) is 75.7 Å². The summed E-state index contributed by atoms with van der Waals surface area (Å²) in [6.45, 7) is 2.93. The van der Waals surface area contributed by atoms with Crippen LogP contribution in [0.15, 0.2) is 12.3 Å². The standard InChI is InChI=1S/C11H14ClN5O/c1-7-8(5-14-17-7)4-13-10-3-9(12)15-11(16-10)6-18-2/h3,5H,4,6H2,1-2H3,(H,14,17)(H,13,15,16). The van der Waals surface area contributed by atoms with Gasteiger partial charge in [0, 0.05) is 31.0 Å². The highest BCUT2D eigenvalue weighted by molar-refractivity contribution is 6.29. The van der Waals surface area contributed by atoms with Crippen molar-refractivity contribution in [3.05, 3.63) is 34.5 Å². The third kappa shape index (κ3) is 3.18. The van der Waals surface area contributed by atoms with Gasteiger partial charge in [-0.1, -0.05) is 11.6 Å². The van der Waals surface area contributed by atoms with Crippen molar-refractivity contribution in [2.24, 2.45) is 0 Å². The van der Waals surface area contributed by atoms with Gasteiger partial charge in [-0.25, -0.2) is 9.97 Å². The second kappa shape index (κ2) is 5.79. The number of anilines is 1. The number of H-pyrrole nitrogens is 1. The van der Waals surface area contributed by atoms with E-state index in [1.54, 1.807) is 19.4 Å². The molecule has 6 nitrogen and oxygen atoms in total. The third-order valence-corrected chi connectivity index (χ3v) is 2.60. The average molecular weight is 268 g/mol. The highest BCUT2D eigenvalue weighted by Crippen LogP contribution is 2.13. The van der Waals surface area contributed by atoms with Gasteiger partial charge in [-0.15, -0.1) is 0 Å². The highest BCUT2D eigenvalue weighted by atomic mass is 35.5. The van der Waals surface area contributed by atoms with E-state index in [9.17, 15) is 0 Å². The summed E-state index contributed by atoms with van der Waals surface area (Å²) in [6, 6.07) is 1.68. The minimum absolute atomic E-state index is 0.333. The van der Waals surface area contributed by atoms with Crippen molar-refractivity contribution in [1.29, 1.82) is 0 Å². The maximum Gasteiger partial charge on any atom is 0.158 e. The van der Waals surface area contributed by atoms with Gasteiger partial charge >= 0.3 is 0 Å². The molecule has 2 rings (SSSR count). The van der Waals surface area contributed by atoms with Crippen LogP contribution in [0.3, 0.4) is 0 Å². The average Bonchev–Trinajstić information content (AvgIpc) is 2.72. The number of aromatic nitrogens is 4. The molecule has 0 fully saturated rings. The Hall–Kier alpha value is -1.66. The first-order valence-corrected chi connectivity index (χ1v) is 5.82. The predicted octanol–water partition coefficient (Wildman–Crippen LogP) is 1.92. The van der Waals surface area contributed by atoms with Crippen molar-refractivity contribution < 1.29 is 4.74 Å². The quantitative estimate of drug-likeness (QED) is 0.810. The van der Waals surface area contributed by atoms with Crippen molar-refractivity contribution in [3.63, 3.8) is 0 Å². The van der Waals surface area contributed by atoms with E-state index in [0.717, 1.165) is 11.3 Å². The zero-order chi connectivity index (χ0) is 13.0. The number of nitrogens with zero attached hydrogens (tertiary/aromatic N) is 3. The number of aryl methyl sites for hydroxylation is 1. The van der Waals surface area contributed by atoms with Gasteiger partial charge in [-0.05, 0) is 6.92 Å². The molecule has 0 bridgehead atoms. The molecule has 7 heteroatoms. The summed E-state index contributed by atoms with van der Waals surface area (Å²) in [6.07, 6.45) is 1.78.